The van der Waals surface area contributed by atoms with Crippen LogP contribution in [-0.2, 0) is 26.5 Å². The number of carboxylic acids is 1. The van der Waals surface area contributed by atoms with Crippen molar-refractivity contribution in [3.63, 3.8) is 0 Å². The summed E-state index contributed by atoms with van der Waals surface area (Å²) in [5.74, 6) is -2.20. The molecule has 0 aliphatic heterocycles. The van der Waals surface area contributed by atoms with Crippen molar-refractivity contribution in [3.8, 4) is 11.3 Å². The molecular weight excluding hydrogens is 537 g/mol. The number of pyridine rings is 2. The van der Waals surface area contributed by atoms with Gasteiger partial charge in [0.15, 0.2) is 0 Å². The number of hydrogen-bond donors (Lipinski definition) is 1. The van der Waals surface area contributed by atoms with Gasteiger partial charge in [-0.2, -0.15) is 0 Å². The van der Waals surface area contributed by atoms with E-state index < -0.39 is 23.4 Å². The van der Waals surface area contributed by atoms with Gasteiger partial charge in [0.05, 0.1) is 5.69 Å². The van der Waals surface area contributed by atoms with E-state index in [1.807, 2.05) is 13.8 Å². The number of rotatable bonds is 4. The molecule has 0 radical (unpaired) electrons. The van der Waals surface area contributed by atoms with E-state index >= 15 is 0 Å². The average Bonchev–Trinajstić information content (AvgIpc) is 2.62. The summed E-state index contributed by atoms with van der Waals surface area (Å²) in [6.07, 6.45) is 1.03. The van der Waals surface area contributed by atoms with Gasteiger partial charge in [-0.05, 0) is 43.9 Å². The third-order valence-electron chi connectivity index (χ3n) is 3.91. The van der Waals surface area contributed by atoms with E-state index in [2.05, 4.69) is 26.1 Å². The van der Waals surface area contributed by atoms with Gasteiger partial charge in [0.25, 0.3) is 0 Å². The van der Waals surface area contributed by atoms with Gasteiger partial charge in [0.2, 0.25) is 6.08 Å². The summed E-state index contributed by atoms with van der Waals surface area (Å²) < 4.78 is 26.8. The fourth-order valence-electron chi connectivity index (χ4n) is 2.43. The zero-order chi connectivity index (χ0) is 18.9. The van der Waals surface area contributed by atoms with E-state index in [0.717, 1.165) is 0 Å². The van der Waals surface area contributed by atoms with Crippen LogP contribution < -0.4 is 0 Å². The van der Waals surface area contributed by atoms with Crippen LogP contribution in [0.4, 0.5) is 8.78 Å². The summed E-state index contributed by atoms with van der Waals surface area (Å²) in [7, 11) is 0. The molecule has 9 heteroatoms. The monoisotopic (exact) mass is 550 g/mol. The Hall–Kier alpha value is -2.60. The number of halogens is 2. The Kier molecular flexibility index (Phi) is 6.11. The molecule has 3 aromatic heterocycles. The molecule has 1 N–H and O–H groups in total. The number of aromatic nitrogens is 4. The quantitative estimate of drug-likeness (QED) is 0.305. The Morgan fingerprint density at radius 3 is 2.30 bits per heavy atom. The maximum Gasteiger partial charge on any atom is 0.354 e. The second kappa shape index (κ2) is 7.96. The minimum Gasteiger partial charge on any atom is -0.477 e. The molecule has 0 saturated carbocycles. The first-order valence-corrected chi connectivity index (χ1v) is 7.58. The van der Waals surface area contributed by atoms with Gasteiger partial charge in [-0.1, -0.05) is 23.8 Å². The normalized spacial score (nSPS) is 11.0. The number of nitrogens with zero attached hydrogens (tertiary/aromatic N) is 4. The smallest absolute Gasteiger partial charge is 0.354 e. The van der Waals surface area contributed by atoms with E-state index in [1.165, 1.54) is 12.1 Å². The van der Waals surface area contributed by atoms with Gasteiger partial charge in [-0.25, -0.2) is 18.6 Å². The van der Waals surface area contributed by atoms with Gasteiger partial charge in [0, 0.05) is 32.2 Å². The number of carboxylic acid groups (broad SMARTS) is 1. The zero-order valence-electron chi connectivity index (χ0n) is 14.2. The van der Waals surface area contributed by atoms with Crippen molar-refractivity contribution < 1.29 is 39.7 Å². The fraction of sp³-hybridized carbons (Fsp3) is 0.167. The summed E-state index contributed by atoms with van der Waals surface area (Å²) in [5, 5.41) is 9.12. The molecular formula is C18H13F2N4O2Pt-. The van der Waals surface area contributed by atoms with E-state index in [4.69, 9.17) is 5.11 Å². The van der Waals surface area contributed by atoms with Gasteiger partial charge in [-0.3, -0.25) is 4.98 Å². The first-order valence-electron chi connectivity index (χ1n) is 7.58. The summed E-state index contributed by atoms with van der Waals surface area (Å²) in [4.78, 5) is 26.0. The summed E-state index contributed by atoms with van der Waals surface area (Å²) >= 11 is 0. The Bertz CT molecular complexity index is 999. The predicted octanol–water partition coefficient (Wildman–Crippen LogP) is 3.03. The molecule has 6 nitrogen and oxygen atoms in total. The Labute approximate surface area is 168 Å². The van der Waals surface area contributed by atoms with Crippen molar-refractivity contribution in [2.45, 2.75) is 19.3 Å². The molecule has 0 saturated heterocycles. The minimum atomic E-state index is -1.21. The topological polar surface area (TPSA) is 88.9 Å². The van der Waals surface area contributed by atoms with Crippen LogP contribution in [0.2, 0.25) is 0 Å². The molecule has 0 fully saturated rings. The van der Waals surface area contributed by atoms with Gasteiger partial charge < -0.3 is 15.1 Å². The second-order valence-corrected chi connectivity index (χ2v) is 6.02. The average molecular weight is 550 g/mol. The van der Waals surface area contributed by atoms with Crippen LogP contribution in [0.3, 0.4) is 0 Å². The molecule has 0 bridgehead atoms. The molecule has 0 unspecified atom stereocenters. The molecule has 3 rings (SSSR count). The number of aromatic carboxylic acids is 1. The van der Waals surface area contributed by atoms with Crippen LogP contribution in [0.15, 0.2) is 36.4 Å². The third kappa shape index (κ3) is 4.22. The van der Waals surface area contributed by atoms with Crippen LogP contribution in [-0.4, -0.2) is 31.0 Å². The Morgan fingerprint density at radius 2 is 1.67 bits per heavy atom. The van der Waals surface area contributed by atoms with Crippen LogP contribution in [0.25, 0.3) is 11.3 Å². The summed E-state index contributed by atoms with van der Waals surface area (Å²) in [6, 6.07) is 9.56. The molecule has 0 atom stereocenters. The summed E-state index contributed by atoms with van der Waals surface area (Å²) in [5.41, 5.74) is 0.180. The predicted molar refractivity (Wildman–Crippen MR) is 87.3 cm³/mol. The van der Waals surface area contributed by atoms with E-state index in [1.54, 1.807) is 24.3 Å². The minimum absolute atomic E-state index is 0. The molecule has 0 aliphatic carbocycles. The van der Waals surface area contributed by atoms with E-state index in [-0.39, 0.29) is 38.0 Å². The molecule has 0 aliphatic rings. The maximum absolute atomic E-state index is 13.9. The van der Waals surface area contributed by atoms with Crippen molar-refractivity contribution in [2.24, 2.45) is 0 Å². The Morgan fingerprint density at radius 1 is 1.04 bits per heavy atom. The van der Waals surface area contributed by atoms with Crippen LogP contribution in [0.1, 0.15) is 35.7 Å². The number of carbonyl (C=O) groups is 1. The first kappa shape index (κ1) is 20.7. The molecule has 3 aromatic rings. The molecule has 142 valence electrons. The molecule has 0 amide bonds. The zero-order valence-corrected chi connectivity index (χ0v) is 16.5. The number of hydrogen-bond acceptors (Lipinski definition) is 5. The summed E-state index contributed by atoms with van der Waals surface area (Å²) in [6.45, 7) is 3.63. The molecule has 27 heavy (non-hydrogen) atoms. The third-order valence-corrected chi connectivity index (χ3v) is 3.91. The van der Waals surface area contributed by atoms with E-state index in [9.17, 15) is 13.6 Å². The maximum atomic E-state index is 13.9. The van der Waals surface area contributed by atoms with E-state index in [0.29, 0.717) is 11.4 Å². The van der Waals surface area contributed by atoms with Crippen molar-refractivity contribution in [1.29, 1.82) is 0 Å². The molecule has 0 aromatic carbocycles. The van der Waals surface area contributed by atoms with Gasteiger partial charge in [-0.15, -0.1) is 0 Å². The van der Waals surface area contributed by atoms with Crippen molar-refractivity contribution in [3.05, 3.63) is 71.7 Å². The SMILES string of the molecule is CC(C)(c1cccc(C(=O)O)n1)c1cccc(-c2[c-]nc(F)nc2F)n1.[Pt]. The molecule has 3 heterocycles. The van der Waals surface area contributed by atoms with Crippen molar-refractivity contribution >= 4 is 5.97 Å². The van der Waals surface area contributed by atoms with Crippen molar-refractivity contribution in [2.75, 3.05) is 0 Å². The van der Waals surface area contributed by atoms with Gasteiger partial charge >= 0.3 is 5.97 Å². The van der Waals surface area contributed by atoms with Crippen LogP contribution >= 0.6 is 0 Å². The largest absolute Gasteiger partial charge is 0.477 e. The first-order chi connectivity index (χ1) is 12.3. The van der Waals surface area contributed by atoms with Crippen LogP contribution in [0.5, 0.6) is 0 Å². The van der Waals surface area contributed by atoms with Crippen molar-refractivity contribution in [1.82, 2.24) is 19.9 Å². The van der Waals surface area contributed by atoms with Crippen LogP contribution in [0, 0.1) is 18.2 Å². The Balaban J connectivity index is 0.00000261. The second-order valence-electron chi connectivity index (χ2n) is 6.02. The molecule has 0 spiro atoms. The fourth-order valence-corrected chi connectivity index (χ4v) is 2.43. The van der Waals surface area contributed by atoms with Gasteiger partial charge in [0.1, 0.15) is 11.6 Å². The standard InChI is InChI=1S/C18H13F2N4O2.Pt/c1-18(2,14-8-4-6-12(23-14)16(25)26)13-7-3-5-11(22-13)10-9-21-17(20)24-15(10)19;/h3-8H,1-2H3,(H,25,26);/q-1;.